The van der Waals surface area contributed by atoms with E-state index in [0.717, 1.165) is 74.8 Å². The number of carbonyl (C=O) groups is 5. The number of hydrogen-bond acceptors (Lipinski definition) is 13. The minimum atomic E-state index is -1.12. The van der Waals surface area contributed by atoms with Gasteiger partial charge in [0.05, 0.1) is 28.5 Å². The van der Waals surface area contributed by atoms with Gasteiger partial charge in [-0.2, -0.15) is 4.98 Å². The Hall–Kier alpha value is -6.14. The van der Waals surface area contributed by atoms with Crippen LogP contribution in [-0.4, -0.2) is 119 Å². The summed E-state index contributed by atoms with van der Waals surface area (Å²) in [5.41, 5.74) is 1.50. The Kier molecular flexibility index (Phi) is 11.5. The minimum Gasteiger partial charge on any atom is -0.478 e. The molecule has 5 amide bonds. The van der Waals surface area contributed by atoms with Gasteiger partial charge in [0.15, 0.2) is 18.2 Å². The van der Waals surface area contributed by atoms with Crippen LogP contribution in [0.25, 0.3) is 10.9 Å². The number of benzene rings is 2. The summed E-state index contributed by atoms with van der Waals surface area (Å²) in [4.78, 5) is 93.8. The van der Waals surface area contributed by atoms with E-state index >= 15 is 4.39 Å². The third-order valence-electron chi connectivity index (χ3n) is 13.3. The molecule has 4 saturated heterocycles. The SMILES string of the molecule is CNC(=O)COc1cc2cc(Nc3nc(N4CCC(CN5CCC6(CCN(c7cc(F)cc8c7C(=O)N(C7CCC(=O)NC7=O)C8=O)C6)C5)CC4)ncc3Cl)ccc2n(C(C)C)c1=O. The van der Waals surface area contributed by atoms with Crippen LogP contribution < -0.4 is 36.0 Å². The van der Waals surface area contributed by atoms with E-state index in [-0.39, 0.29) is 59.2 Å². The number of anilines is 4. The van der Waals surface area contributed by atoms with Crippen molar-refractivity contribution >= 4 is 75.2 Å². The molecule has 336 valence electrons. The van der Waals surface area contributed by atoms with Gasteiger partial charge < -0.3 is 34.6 Å². The Balaban J connectivity index is 0.816. The minimum absolute atomic E-state index is 0.00793. The molecule has 0 saturated carbocycles. The second-order valence-corrected chi connectivity index (χ2v) is 18.3. The number of amides is 5. The smallest absolute Gasteiger partial charge is 0.293 e. The molecule has 64 heavy (non-hydrogen) atoms. The van der Waals surface area contributed by atoms with Crippen molar-refractivity contribution in [3.63, 3.8) is 0 Å². The number of likely N-dealkylation sites (N-methyl/N-ethyl adjacent to an activating group) is 1. The Labute approximate surface area is 373 Å². The molecule has 2 unspecified atom stereocenters. The third kappa shape index (κ3) is 8.12. The fraction of sp³-hybridized carbons (Fsp3) is 0.467. The van der Waals surface area contributed by atoms with Crippen molar-refractivity contribution in [2.75, 3.05) is 74.6 Å². The topological polar surface area (TPSA) is 191 Å². The molecule has 1 spiro atoms. The van der Waals surface area contributed by atoms with Gasteiger partial charge >= 0.3 is 0 Å². The summed E-state index contributed by atoms with van der Waals surface area (Å²) in [6.45, 7) is 9.06. The van der Waals surface area contributed by atoms with E-state index in [1.165, 1.54) is 13.1 Å². The normalized spacial score (nSPS) is 21.7. The highest BCUT2D eigenvalue weighted by atomic mass is 35.5. The van der Waals surface area contributed by atoms with E-state index in [1.54, 1.807) is 16.8 Å². The zero-order valence-electron chi connectivity index (χ0n) is 35.9. The van der Waals surface area contributed by atoms with Crippen LogP contribution in [0.1, 0.15) is 79.1 Å². The largest absolute Gasteiger partial charge is 0.478 e. The van der Waals surface area contributed by atoms with Gasteiger partial charge in [0.1, 0.15) is 16.9 Å². The molecule has 17 nitrogen and oxygen atoms in total. The highest BCUT2D eigenvalue weighted by Crippen LogP contribution is 2.44. The number of hydrogen-bond donors (Lipinski definition) is 3. The van der Waals surface area contributed by atoms with Crippen LogP contribution in [0.3, 0.4) is 0 Å². The van der Waals surface area contributed by atoms with Gasteiger partial charge in [-0.05, 0) is 94.8 Å². The fourth-order valence-electron chi connectivity index (χ4n) is 10.1. The molecule has 0 bridgehead atoms. The summed E-state index contributed by atoms with van der Waals surface area (Å²) in [7, 11) is 1.50. The summed E-state index contributed by atoms with van der Waals surface area (Å²) in [6, 6.07) is 8.34. The van der Waals surface area contributed by atoms with Crippen molar-refractivity contribution in [2.45, 2.75) is 64.5 Å². The van der Waals surface area contributed by atoms with Crippen molar-refractivity contribution in [3.05, 3.63) is 74.9 Å². The van der Waals surface area contributed by atoms with Crippen LogP contribution in [0.5, 0.6) is 5.75 Å². The van der Waals surface area contributed by atoms with E-state index in [1.807, 2.05) is 36.9 Å². The van der Waals surface area contributed by atoms with Gasteiger partial charge in [-0.15, -0.1) is 0 Å². The Morgan fingerprint density at radius 2 is 1.77 bits per heavy atom. The number of piperidine rings is 2. The average Bonchev–Trinajstić information content (AvgIpc) is 3.95. The number of pyridine rings is 1. The monoisotopic (exact) mass is 896 g/mol. The molecule has 4 aromatic rings. The standard InChI is InChI=1S/C45H50ClFN10O7/c1-25(2)56-32-5-4-29(16-27(32)17-35(42(56)62)64-22-37(59)48-3)50-39-31(46)20-49-44(52-39)54-12-8-26(9-13-54)21-53-14-10-45(23-53)11-15-55(24-45)34-19-28(47)18-30-38(34)43(63)57(41(30)61)33-6-7-36(58)51-40(33)60/h4-5,16-20,25-26,33H,6-15,21-24H2,1-3H3,(H,48,59)(H,49,50,52)(H,51,58,60). The van der Waals surface area contributed by atoms with Crippen LogP contribution in [-0.2, 0) is 14.4 Å². The van der Waals surface area contributed by atoms with Crippen LogP contribution in [0, 0.1) is 17.2 Å². The predicted octanol–water partition coefficient (Wildman–Crippen LogP) is 4.25. The first-order valence-electron chi connectivity index (χ1n) is 21.8. The van der Waals surface area contributed by atoms with E-state index in [2.05, 4.69) is 30.7 Å². The van der Waals surface area contributed by atoms with Gasteiger partial charge in [-0.1, -0.05) is 11.6 Å². The highest BCUT2D eigenvalue weighted by molar-refractivity contribution is 6.33. The lowest BCUT2D eigenvalue weighted by Gasteiger charge is -2.34. The number of fused-ring (bicyclic) bond motifs is 2. The molecule has 5 aliphatic rings. The Morgan fingerprint density at radius 3 is 2.52 bits per heavy atom. The molecule has 0 radical (unpaired) electrons. The number of halogens is 2. The number of rotatable bonds is 11. The van der Waals surface area contributed by atoms with Crippen molar-refractivity contribution in [1.29, 1.82) is 0 Å². The van der Waals surface area contributed by atoms with Gasteiger partial charge in [-0.3, -0.25) is 39.0 Å². The number of ether oxygens (including phenoxy) is 1. The molecule has 4 fully saturated rings. The first kappa shape index (κ1) is 43.1. The molecular weight excluding hydrogens is 847 g/mol. The summed E-state index contributed by atoms with van der Waals surface area (Å²) in [6.07, 6.45) is 5.36. The zero-order chi connectivity index (χ0) is 45.0. The fourth-order valence-corrected chi connectivity index (χ4v) is 10.2. The number of nitrogens with zero attached hydrogens (tertiary/aromatic N) is 7. The van der Waals surface area contributed by atoms with Gasteiger partial charge in [0, 0.05) is 75.3 Å². The maximum atomic E-state index is 15.1. The Bertz CT molecular complexity index is 2650. The lowest BCUT2D eigenvalue weighted by Crippen LogP contribution is -2.54. The number of likely N-dealkylation sites (tertiary alicyclic amines) is 1. The summed E-state index contributed by atoms with van der Waals surface area (Å²) in [5.74, 6) is -1.91. The molecule has 2 aromatic carbocycles. The van der Waals surface area contributed by atoms with E-state index in [9.17, 15) is 28.8 Å². The van der Waals surface area contributed by atoms with Gasteiger partial charge in [0.2, 0.25) is 17.8 Å². The molecule has 9 rings (SSSR count). The second-order valence-electron chi connectivity index (χ2n) is 17.9. The van der Waals surface area contributed by atoms with Crippen molar-refractivity contribution < 1.29 is 33.1 Å². The molecule has 2 atom stereocenters. The summed E-state index contributed by atoms with van der Waals surface area (Å²) < 4.78 is 22.3. The Morgan fingerprint density at radius 1 is 0.984 bits per heavy atom. The van der Waals surface area contributed by atoms with Crippen LogP contribution in [0.4, 0.5) is 27.5 Å². The first-order valence-corrected chi connectivity index (χ1v) is 22.2. The first-order chi connectivity index (χ1) is 30.7. The van der Waals surface area contributed by atoms with E-state index in [0.29, 0.717) is 52.7 Å². The van der Waals surface area contributed by atoms with Crippen LogP contribution in [0.2, 0.25) is 5.02 Å². The zero-order valence-corrected chi connectivity index (χ0v) is 36.7. The van der Waals surface area contributed by atoms with Gasteiger partial charge in [-0.25, -0.2) is 9.37 Å². The molecule has 3 N–H and O–H groups in total. The maximum Gasteiger partial charge on any atom is 0.293 e. The number of aromatic nitrogens is 3. The lowest BCUT2D eigenvalue weighted by atomic mass is 9.86. The third-order valence-corrected chi connectivity index (χ3v) is 13.6. The summed E-state index contributed by atoms with van der Waals surface area (Å²) >= 11 is 6.61. The average molecular weight is 897 g/mol. The van der Waals surface area contributed by atoms with Crippen LogP contribution in [0.15, 0.2) is 47.4 Å². The number of nitrogens with one attached hydrogen (secondary N) is 3. The summed E-state index contributed by atoms with van der Waals surface area (Å²) in [5, 5.41) is 9.12. The van der Waals surface area contributed by atoms with Crippen molar-refractivity contribution in [1.82, 2.24) is 35.0 Å². The van der Waals surface area contributed by atoms with E-state index in [4.69, 9.17) is 21.3 Å². The molecule has 2 aromatic heterocycles. The van der Waals surface area contributed by atoms with Crippen molar-refractivity contribution in [3.8, 4) is 5.75 Å². The maximum absolute atomic E-state index is 15.1. The number of carbonyl (C=O) groups excluding carboxylic acids is 5. The predicted molar refractivity (Wildman–Crippen MR) is 237 cm³/mol. The molecule has 19 heteroatoms. The molecular formula is C45H50ClFN10O7. The highest BCUT2D eigenvalue weighted by Gasteiger charge is 2.49. The second kappa shape index (κ2) is 17.1. The molecule has 0 aliphatic carbocycles. The molecule has 7 heterocycles. The molecule has 5 aliphatic heterocycles. The number of imide groups is 2. The quantitative estimate of drug-likeness (QED) is 0.181. The van der Waals surface area contributed by atoms with Crippen LogP contribution >= 0.6 is 11.6 Å². The lowest BCUT2D eigenvalue weighted by molar-refractivity contribution is -0.136. The van der Waals surface area contributed by atoms with Crippen molar-refractivity contribution in [2.24, 2.45) is 11.3 Å². The van der Waals surface area contributed by atoms with Gasteiger partial charge in [0.25, 0.3) is 23.3 Å². The van der Waals surface area contributed by atoms with E-state index < -0.39 is 35.5 Å².